The molecule has 0 aliphatic carbocycles. The fourth-order valence-corrected chi connectivity index (χ4v) is 2.54. The molecule has 1 N–H and O–H groups in total. The first-order valence-electron chi connectivity index (χ1n) is 5.96. The smallest absolute Gasteiger partial charge is 0.178 e. The van der Waals surface area contributed by atoms with E-state index in [9.17, 15) is 0 Å². The topological polar surface area (TPSA) is 33.6 Å². The molecule has 0 bridgehead atoms. The lowest BCUT2D eigenvalue weighted by atomic mass is 10.2. The standard InChI is InChI=1S/C12H16ClN3S/c1-2-3-4-5-6-16-11-9(13)7-14-8-10(11)15-12(16)17/h7-8H,2-6H2,1H3,(H,15,17). The quantitative estimate of drug-likeness (QED) is 0.648. The van der Waals surface area contributed by atoms with Crippen LogP contribution >= 0.6 is 23.8 Å². The molecule has 0 aliphatic rings. The van der Waals surface area contributed by atoms with Gasteiger partial charge in [0, 0.05) is 12.7 Å². The van der Waals surface area contributed by atoms with Gasteiger partial charge in [0.15, 0.2) is 4.77 Å². The molecule has 0 fully saturated rings. The maximum absolute atomic E-state index is 6.17. The molecule has 0 aromatic carbocycles. The number of aromatic nitrogens is 3. The molecule has 5 heteroatoms. The van der Waals surface area contributed by atoms with Crippen molar-refractivity contribution in [2.24, 2.45) is 0 Å². The molecule has 2 rings (SSSR count). The zero-order valence-corrected chi connectivity index (χ0v) is 11.4. The van der Waals surface area contributed by atoms with Crippen LogP contribution in [0.15, 0.2) is 12.4 Å². The van der Waals surface area contributed by atoms with E-state index in [4.69, 9.17) is 23.8 Å². The van der Waals surface area contributed by atoms with Gasteiger partial charge in [-0.15, -0.1) is 0 Å². The van der Waals surface area contributed by atoms with Crippen LogP contribution in [0, 0.1) is 4.77 Å². The first-order chi connectivity index (χ1) is 8.24. The fourth-order valence-electron chi connectivity index (χ4n) is 1.99. The van der Waals surface area contributed by atoms with Gasteiger partial charge < -0.3 is 9.55 Å². The molecule has 2 heterocycles. The van der Waals surface area contributed by atoms with Crippen LogP contribution in [0.25, 0.3) is 11.0 Å². The van der Waals surface area contributed by atoms with E-state index in [1.165, 1.54) is 19.3 Å². The van der Waals surface area contributed by atoms with Crippen LogP contribution in [0.5, 0.6) is 0 Å². The average molecular weight is 270 g/mol. The summed E-state index contributed by atoms with van der Waals surface area (Å²) in [5.41, 5.74) is 1.89. The molecule has 17 heavy (non-hydrogen) atoms. The van der Waals surface area contributed by atoms with Crippen molar-refractivity contribution in [3.8, 4) is 0 Å². The van der Waals surface area contributed by atoms with E-state index in [2.05, 4.69) is 21.5 Å². The van der Waals surface area contributed by atoms with Crippen LogP contribution < -0.4 is 0 Å². The van der Waals surface area contributed by atoms with E-state index in [-0.39, 0.29) is 0 Å². The zero-order chi connectivity index (χ0) is 12.3. The normalized spacial score (nSPS) is 11.2. The maximum atomic E-state index is 6.17. The summed E-state index contributed by atoms with van der Waals surface area (Å²) >= 11 is 11.5. The molecular formula is C12H16ClN3S. The van der Waals surface area contributed by atoms with Crippen molar-refractivity contribution in [1.82, 2.24) is 14.5 Å². The molecule has 0 saturated heterocycles. The monoisotopic (exact) mass is 269 g/mol. The third-order valence-electron chi connectivity index (χ3n) is 2.86. The Morgan fingerprint density at radius 2 is 2.18 bits per heavy atom. The van der Waals surface area contributed by atoms with Crippen molar-refractivity contribution < 1.29 is 0 Å². The first-order valence-corrected chi connectivity index (χ1v) is 6.74. The van der Waals surface area contributed by atoms with Gasteiger partial charge in [0.05, 0.1) is 22.3 Å². The van der Waals surface area contributed by atoms with Crippen LogP contribution in [0.4, 0.5) is 0 Å². The Morgan fingerprint density at radius 1 is 1.35 bits per heavy atom. The Bertz CT molecular complexity index is 558. The van der Waals surface area contributed by atoms with Gasteiger partial charge in [0.25, 0.3) is 0 Å². The number of hydrogen-bond donors (Lipinski definition) is 1. The Kier molecular flexibility index (Phi) is 4.18. The van der Waals surface area contributed by atoms with Crippen molar-refractivity contribution >= 4 is 34.9 Å². The second kappa shape index (κ2) is 5.65. The highest BCUT2D eigenvalue weighted by atomic mass is 35.5. The number of pyridine rings is 1. The lowest BCUT2D eigenvalue weighted by molar-refractivity contribution is 0.587. The van der Waals surface area contributed by atoms with Gasteiger partial charge in [-0.3, -0.25) is 4.98 Å². The van der Waals surface area contributed by atoms with Crippen LogP contribution in [-0.4, -0.2) is 14.5 Å². The van der Waals surface area contributed by atoms with Crippen molar-refractivity contribution in [2.45, 2.75) is 39.2 Å². The predicted octanol–water partition coefficient (Wildman–Crippen LogP) is 4.33. The van der Waals surface area contributed by atoms with Gasteiger partial charge >= 0.3 is 0 Å². The number of imidazole rings is 1. The lowest BCUT2D eigenvalue weighted by Crippen LogP contribution is -1.98. The second-order valence-electron chi connectivity index (χ2n) is 4.16. The highest BCUT2D eigenvalue weighted by Crippen LogP contribution is 2.22. The van der Waals surface area contributed by atoms with Gasteiger partial charge in [0.2, 0.25) is 0 Å². The number of nitrogens with one attached hydrogen (secondary N) is 1. The minimum Gasteiger partial charge on any atom is -0.329 e. The Morgan fingerprint density at radius 3 is 2.94 bits per heavy atom. The average Bonchev–Trinajstić information content (AvgIpc) is 2.62. The van der Waals surface area contributed by atoms with E-state index < -0.39 is 0 Å². The molecule has 0 saturated carbocycles. The third kappa shape index (κ3) is 2.69. The summed E-state index contributed by atoms with van der Waals surface area (Å²) in [6, 6.07) is 0. The van der Waals surface area contributed by atoms with E-state index in [0.29, 0.717) is 5.02 Å². The van der Waals surface area contributed by atoms with Gasteiger partial charge in [-0.1, -0.05) is 37.8 Å². The predicted molar refractivity (Wildman–Crippen MR) is 74.1 cm³/mol. The molecule has 0 spiro atoms. The Labute approximate surface area is 111 Å². The summed E-state index contributed by atoms with van der Waals surface area (Å²) in [6.45, 7) is 3.13. The van der Waals surface area contributed by atoms with Crippen LogP contribution in [0.3, 0.4) is 0 Å². The second-order valence-corrected chi connectivity index (χ2v) is 4.95. The van der Waals surface area contributed by atoms with Crippen LogP contribution in [0.2, 0.25) is 5.02 Å². The Hall–Kier alpha value is -0.870. The van der Waals surface area contributed by atoms with Gasteiger partial charge in [-0.05, 0) is 18.6 Å². The van der Waals surface area contributed by atoms with Crippen molar-refractivity contribution in [3.63, 3.8) is 0 Å². The van der Waals surface area contributed by atoms with Crippen molar-refractivity contribution in [2.75, 3.05) is 0 Å². The van der Waals surface area contributed by atoms with Crippen LogP contribution in [0.1, 0.15) is 32.6 Å². The van der Waals surface area contributed by atoms with Crippen molar-refractivity contribution in [1.29, 1.82) is 0 Å². The minimum absolute atomic E-state index is 0.658. The SMILES string of the molecule is CCCCCCn1c(=S)[nH]c2cncc(Cl)c21. The third-order valence-corrected chi connectivity index (χ3v) is 3.46. The molecule has 0 amide bonds. The van der Waals surface area contributed by atoms with E-state index >= 15 is 0 Å². The number of nitrogens with zero attached hydrogens (tertiary/aromatic N) is 2. The van der Waals surface area contributed by atoms with Gasteiger partial charge in [-0.25, -0.2) is 0 Å². The number of aryl methyl sites for hydroxylation is 1. The molecule has 0 unspecified atom stereocenters. The lowest BCUT2D eigenvalue weighted by Gasteiger charge is -2.04. The number of hydrogen-bond acceptors (Lipinski definition) is 2. The van der Waals surface area contributed by atoms with E-state index in [1.807, 2.05) is 0 Å². The molecule has 3 nitrogen and oxygen atoms in total. The molecule has 0 radical (unpaired) electrons. The number of fused-ring (bicyclic) bond motifs is 1. The molecular weight excluding hydrogens is 254 g/mol. The molecule has 92 valence electrons. The minimum atomic E-state index is 0.658. The zero-order valence-electron chi connectivity index (χ0n) is 9.87. The number of unbranched alkanes of at least 4 members (excludes halogenated alkanes) is 3. The molecule has 2 aromatic heterocycles. The van der Waals surface area contributed by atoms with Crippen molar-refractivity contribution in [3.05, 3.63) is 22.2 Å². The van der Waals surface area contributed by atoms with E-state index in [1.54, 1.807) is 12.4 Å². The Balaban J connectivity index is 2.27. The molecule has 2 aromatic rings. The highest BCUT2D eigenvalue weighted by molar-refractivity contribution is 7.71. The maximum Gasteiger partial charge on any atom is 0.178 e. The van der Waals surface area contributed by atoms with Gasteiger partial charge in [0.1, 0.15) is 0 Å². The summed E-state index contributed by atoms with van der Waals surface area (Å²) in [5, 5.41) is 0.658. The van der Waals surface area contributed by atoms with Gasteiger partial charge in [-0.2, -0.15) is 0 Å². The number of halogens is 1. The number of rotatable bonds is 5. The summed E-state index contributed by atoms with van der Waals surface area (Å²) < 4.78 is 2.80. The summed E-state index contributed by atoms with van der Waals surface area (Å²) in [7, 11) is 0. The summed E-state index contributed by atoms with van der Waals surface area (Å²) in [5.74, 6) is 0. The van der Waals surface area contributed by atoms with E-state index in [0.717, 1.165) is 28.8 Å². The number of aromatic amines is 1. The summed E-state index contributed by atoms with van der Waals surface area (Å²) in [4.78, 5) is 7.19. The highest BCUT2D eigenvalue weighted by Gasteiger charge is 2.07. The fraction of sp³-hybridized carbons (Fsp3) is 0.500. The first kappa shape index (κ1) is 12.6. The largest absolute Gasteiger partial charge is 0.329 e. The molecule has 0 atom stereocenters. The summed E-state index contributed by atoms with van der Waals surface area (Å²) in [6.07, 6.45) is 8.30. The number of H-pyrrole nitrogens is 1. The van der Waals surface area contributed by atoms with Crippen LogP contribution in [-0.2, 0) is 6.54 Å². The molecule has 0 aliphatic heterocycles.